The summed E-state index contributed by atoms with van der Waals surface area (Å²) in [6, 6.07) is 14.4. The lowest BCUT2D eigenvalue weighted by atomic mass is 10.0. The number of hydrogen-bond donors (Lipinski definition) is 0. The zero-order valence-electron chi connectivity index (χ0n) is 11.6. The van der Waals surface area contributed by atoms with Crippen molar-refractivity contribution in [2.75, 3.05) is 7.11 Å². The van der Waals surface area contributed by atoms with Crippen molar-refractivity contribution in [3.05, 3.63) is 71.3 Å². The summed E-state index contributed by atoms with van der Waals surface area (Å²) in [6.45, 7) is 0. The third-order valence-corrected chi connectivity index (χ3v) is 3.62. The van der Waals surface area contributed by atoms with Gasteiger partial charge in [-0.25, -0.2) is 0 Å². The Kier molecular flexibility index (Phi) is 3.40. The number of allylic oxidation sites excluding steroid dienone is 1. The molecule has 0 fully saturated rings. The van der Waals surface area contributed by atoms with E-state index in [0.29, 0.717) is 11.1 Å². The maximum absolute atomic E-state index is 12.2. The second kappa shape index (κ2) is 5.37. The second-order valence-corrected chi connectivity index (χ2v) is 4.88. The van der Waals surface area contributed by atoms with E-state index in [1.54, 1.807) is 43.5 Å². The van der Waals surface area contributed by atoms with Gasteiger partial charge in [0.25, 0.3) is 0 Å². The Morgan fingerprint density at radius 3 is 2.00 bits per heavy atom. The maximum Gasteiger partial charge on any atom is 0.178 e. The molecule has 1 aliphatic carbocycles. The fourth-order valence-electron chi connectivity index (χ4n) is 2.46. The Morgan fingerprint density at radius 1 is 0.905 bits per heavy atom. The number of methoxy groups -OCH3 is 1. The fourth-order valence-corrected chi connectivity index (χ4v) is 2.46. The van der Waals surface area contributed by atoms with E-state index in [4.69, 9.17) is 4.74 Å². The summed E-state index contributed by atoms with van der Waals surface area (Å²) in [5.74, 6) is -0.183. The van der Waals surface area contributed by atoms with Gasteiger partial charge in [-0.15, -0.1) is 0 Å². The molecule has 0 heterocycles. The van der Waals surface area contributed by atoms with Crippen molar-refractivity contribution < 1.29 is 14.3 Å². The van der Waals surface area contributed by atoms with Crippen LogP contribution in [-0.2, 0) is 0 Å². The quantitative estimate of drug-likeness (QED) is 0.808. The van der Waals surface area contributed by atoms with Gasteiger partial charge in [-0.3, -0.25) is 9.59 Å². The van der Waals surface area contributed by atoms with Crippen molar-refractivity contribution in [3.63, 3.8) is 0 Å². The minimum Gasteiger partial charge on any atom is -0.497 e. The van der Waals surface area contributed by atoms with Crippen LogP contribution in [0.3, 0.4) is 0 Å². The molecule has 0 aromatic heterocycles. The number of ether oxygens (including phenoxy) is 1. The van der Waals surface area contributed by atoms with Crippen LogP contribution >= 0.6 is 0 Å². The highest BCUT2D eigenvalue weighted by Crippen LogP contribution is 2.28. The van der Waals surface area contributed by atoms with Gasteiger partial charge >= 0.3 is 0 Å². The molecule has 0 saturated heterocycles. The number of ketones is 2. The predicted molar refractivity (Wildman–Crippen MR) is 80.6 cm³/mol. The lowest BCUT2D eigenvalue weighted by Crippen LogP contribution is -2.11. The van der Waals surface area contributed by atoms with Crippen molar-refractivity contribution in [3.8, 4) is 5.75 Å². The third-order valence-electron chi connectivity index (χ3n) is 3.62. The molecule has 104 valence electrons. The van der Waals surface area contributed by atoms with Gasteiger partial charge < -0.3 is 4.74 Å². The van der Waals surface area contributed by atoms with Crippen LogP contribution in [0.2, 0.25) is 0 Å². The average Bonchev–Trinajstić information content (AvgIpc) is 2.78. The predicted octanol–water partition coefficient (Wildman–Crippen LogP) is 3.40. The highest BCUT2D eigenvalue weighted by atomic mass is 16.5. The van der Waals surface area contributed by atoms with Crippen LogP contribution in [0, 0.1) is 5.92 Å². The first-order chi connectivity index (χ1) is 10.2. The molecule has 3 rings (SSSR count). The van der Waals surface area contributed by atoms with E-state index in [0.717, 1.165) is 11.3 Å². The first kappa shape index (κ1) is 13.3. The summed E-state index contributed by atoms with van der Waals surface area (Å²) in [4.78, 5) is 24.5. The molecule has 0 unspecified atom stereocenters. The molecule has 0 amide bonds. The molecule has 2 aromatic rings. The normalized spacial score (nSPS) is 14.7. The molecule has 0 atom stereocenters. The van der Waals surface area contributed by atoms with Crippen molar-refractivity contribution in [2.45, 2.75) is 0 Å². The molecular formula is C18H14O3. The largest absolute Gasteiger partial charge is 0.497 e. The van der Waals surface area contributed by atoms with Crippen LogP contribution in [0.4, 0.5) is 0 Å². The van der Waals surface area contributed by atoms with Crippen molar-refractivity contribution in [1.82, 2.24) is 0 Å². The van der Waals surface area contributed by atoms with Gasteiger partial charge in [-0.1, -0.05) is 48.6 Å². The van der Waals surface area contributed by atoms with Crippen molar-refractivity contribution in [1.29, 1.82) is 0 Å². The standard InChI is InChI=1S/C18H14O3/c1-21-13-9-6-12(7-10-13)8-11-16-17(19)14-4-2-3-5-15(14)18(16)20/h2-11,16H,1H3/b11-8+. The van der Waals surface area contributed by atoms with Gasteiger partial charge in [0.2, 0.25) is 0 Å². The van der Waals surface area contributed by atoms with Gasteiger partial charge in [0.05, 0.1) is 7.11 Å². The van der Waals surface area contributed by atoms with Crippen molar-refractivity contribution >= 4 is 17.6 Å². The minimum atomic E-state index is -0.704. The summed E-state index contributed by atoms with van der Waals surface area (Å²) in [5.41, 5.74) is 1.96. The molecule has 2 aromatic carbocycles. The summed E-state index contributed by atoms with van der Waals surface area (Å²) < 4.78 is 5.09. The monoisotopic (exact) mass is 278 g/mol. The van der Waals surface area contributed by atoms with E-state index < -0.39 is 5.92 Å². The number of carbonyl (C=O) groups excluding carboxylic acids is 2. The van der Waals surface area contributed by atoms with E-state index in [2.05, 4.69) is 0 Å². The Balaban J connectivity index is 1.84. The average molecular weight is 278 g/mol. The highest BCUT2D eigenvalue weighted by Gasteiger charge is 2.36. The Morgan fingerprint density at radius 2 is 1.48 bits per heavy atom. The molecule has 1 aliphatic rings. The van der Waals surface area contributed by atoms with Gasteiger partial charge in [0.15, 0.2) is 11.6 Å². The molecule has 0 aliphatic heterocycles. The number of hydrogen-bond acceptors (Lipinski definition) is 3. The molecule has 3 nitrogen and oxygen atoms in total. The summed E-state index contributed by atoms with van der Waals surface area (Å²) in [7, 11) is 1.61. The zero-order valence-corrected chi connectivity index (χ0v) is 11.6. The van der Waals surface area contributed by atoms with Gasteiger partial charge in [-0.2, -0.15) is 0 Å². The third kappa shape index (κ3) is 2.38. The van der Waals surface area contributed by atoms with E-state index in [-0.39, 0.29) is 11.6 Å². The SMILES string of the molecule is COc1ccc(/C=C/C2C(=O)c3ccccc3C2=O)cc1. The number of fused-ring (bicyclic) bond motifs is 1. The van der Waals surface area contributed by atoms with E-state index in [1.165, 1.54) is 0 Å². The number of benzene rings is 2. The smallest absolute Gasteiger partial charge is 0.178 e. The summed E-state index contributed by atoms with van der Waals surface area (Å²) in [5, 5.41) is 0. The lowest BCUT2D eigenvalue weighted by molar-refractivity contribution is 0.0872. The van der Waals surface area contributed by atoms with Crippen LogP contribution in [0.25, 0.3) is 6.08 Å². The van der Waals surface area contributed by atoms with Crippen LogP contribution in [0.5, 0.6) is 5.75 Å². The minimum absolute atomic E-state index is 0.125. The number of rotatable bonds is 3. The molecule has 0 saturated carbocycles. The fraction of sp³-hybridized carbons (Fsp3) is 0.111. The van der Waals surface area contributed by atoms with Crippen LogP contribution < -0.4 is 4.74 Å². The second-order valence-electron chi connectivity index (χ2n) is 4.88. The molecule has 3 heteroatoms. The maximum atomic E-state index is 12.2. The van der Waals surface area contributed by atoms with Crippen LogP contribution in [0.15, 0.2) is 54.6 Å². The Labute approximate surface area is 122 Å². The van der Waals surface area contributed by atoms with E-state index in [9.17, 15) is 9.59 Å². The number of Topliss-reactive ketones (excluding diaryl/α,β-unsaturated/α-hetero) is 2. The number of carbonyl (C=O) groups is 2. The van der Waals surface area contributed by atoms with E-state index >= 15 is 0 Å². The lowest BCUT2D eigenvalue weighted by Gasteiger charge is -2.01. The van der Waals surface area contributed by atoms with Gasteiger partial charge in [0.1, 0.15) is 11.7 Å². The highest BCUT2D eigenvalue weighted by molar-refractivity contribution is 6.27. The molecule has 0 bridgehead atoms. The van der Waals surface area contributed by atoms with Crippen LogP contribution in [-0.4, -0.2) is 18.7 Å². The van der Waals surface area contributed by atoms with E-state index in [1.807, 2.05) is 24.3 Å². The Hall–Kier alpha value is -2.68. The zero-order chi connectivity index (χ0) is 14.8. The van der Waals surface area contributed by atoms with Gasteiger partial charge in [0, 0.05) is 11.1 Å². The van der Waals surface area contributed by atoms with Crippen LogP contribution in [0.1, 0.15) is 26.3 Å². The molecule has 0 spiro atoms. The first-order valence-electron chi connectivity index (χ1n) is 6.70. The first-order valence-corrected chi connectivity index (χ1v) is 6.70. The molecule has 0 N–H and O–H groups in total. The molecule has 0 radical (unpaired) electrons. The Bertz CT molecular complexity index is 691. The van der Waals surface area contributed by atoms with Gasteiger partial charge in [-0.05, 0) is 17.7 Å². The summed E-state index contributed by atoms with van der Waals surface area (Å²) in [6.07, 6.45) is 3.47. The topological polar surface area (TPSA) is 43.4 Å². The summed E-state index contributed by atoms with van der Waals surface area (Å²) >= 11 is 0. The molecule has 21 heavy (non-hydrogen) atoms. The molecular weight excluding hydrogens is 264 g/mol. The van der Waals surface area contributed by atoms with Crippen molar-refractivity contribution in [2.24, 2.45) is 5.92 Å².